The van der Waals surface area contributed by atoms with Crippen molar-refractivity contribution in [2.75, 3.05) is 18.2 Å². The summed E-state index contributed by atoms with van der Waals surface area (Å²) in [6, 6.07) is 10.7. The average molecular weight is 447 g/mol. The molecule has 0 spiro atoms. The van der Waals surface area contributed by atoms with Crippen LogP contribution in [0.25, 0.3) is 0 Å². The molecule has 0 atom stereocenters. The van der Waals surface area contributed by atoms with Crippen LogP contribution in [0.4, 0.5) is 11.4 Å². The van der Waals surface area contributed by atoms with E-state index < -0.39 is 0 Å². The van der Waals surface area contributed by atoms with Crippen molar-refractivity contribution >= 4 is 55.8 Å². The fraction of sp³-hybridized carbons (Fsp3) is 0.0714. The summed E-state index contributed by atoms with van der Waals surface area (Å²) < 4.78 is 6.82. The van der Waals surface area contributed by atoms with Gasteiger partial charge in [0.05, 0.1) is 18.4 Å². The van der Waals surface area contributed by atoms with Crippen LogP contribution in [0.2, 0.25) is 0 Å². The Kier molecular flexibility index (Phi) is 4.87. The summed E-state index contributed by atoms with van der Waals surface area (Å²) >= 11 is 5.49. The van der Waals surface area contributed by atoms with Gasteiger partial charge in [0.1, 0.15) is 5.75 Å². The van der Waals surface area contributed by atoms with Gasteiger partial charge in [-0.05, 0) is 59.0 Å². The summed E-state index contributed by atoms with van der Waals surface area (Å²) in [5.41, 5.74) is 7.53. The van der Waals surface area contributed by atoms with E-state index in [9.17, 15) is 4.79 Å². The van der Waals surface area contributed by atoms with Crippen molar-refractivity contribution in [2.45, 2.75) is 0 Å². The zero-order valence-electron chi connectivity index (χ0n) is 10.6. The van der Waals surface area contributed by atoms with Gasteiger partial charge in [-0.1, -0.05) is 15.9 Å². The fourth-order valence-electron chi connectivity index (χ4n) is 1.68. The van der Waals surface area contributed by atoms with E-state index in [2.05, 4.69) is 43.8 Å². The molecule has 0 bridgehead atoms. The van der Waals surface area contributed by atoms with Crippen molar-refractivity contribution < 1.29 is 9.53 Å². The lowest BCUT2D eigenvalue weighted by Crippen LogP contribution is -2.13. The van der Waals surface area contributed by atoms with Crippen LogP contribution in [0.5, 0.6) is 5.75 Å². The number of hydrogen-bond acceptors (Lipinski definition) is 3. The lowest BCUT2D eigenvalue weighted by atomic mass is 10.2. The first-order valence-corrected chi connectivity index (χ1v) is 7.58. The number of rotatable bonds is 3. The molecule has 0 saturated heterocycles. The second-order valence-corrected chi connectivity index (χ2v) is 6.11. The van der Waals surface area contributed by atoms with Crippen LogP contribution in [0.3, 0.4) is 0 Å². The Morgan fingerprint density at radius 3 is 2.70 bits per heavy atom. The molecule has 0 aromatic heterocycles. The molecule has 1 amide bonds. The molecule has 0 radical (unpaired) electrons. The quantitative estimate of drug-likeness (QED) is 0.555. The SMILES string of the molecule is COc1ccc(NC(=O)c2cc(Br)ccc2I)cc1N. The first kappa shape index (κ1) is 15.1. The molecular weight excluding hydrogens is 435 g/mol. The highest BCUT2D eigenvalue weighted by atomic mass is 127. The summed E-state index contributed by atoms with van der Waals surface area (Å²) in [6.45, 7) is 0. The van der Waals surface area contributed by atoms with Crippen molar-refractivity contribution in [1.82, 2.24) is 0 Å². The number of amides is 1. The number of benzene rings is 2. The minimum absolute atomic E-state index is 0.180. The molecule has 6 heteroatoms. The number of ether oxygens (including phenoxy) is 1. The van der Waals surface area contributed by atoms with Gasteiger partial charge in [-0.25, -0.2) is 0 Å². The number of carbonyl (C=O) groups excluding carboxylic acids is 1. The van der Waals surface area contributed by atoms with E-state index in [0.717, 1.165) is 8.04 Å². The Hall–Kier alpha value is -1.28. The van der Waals surface area contributed by atoms with E-state index in [0.29, 0.717) is 22.7 Å². The maximum Gasteiger partial charge on any atom is 0.256 e. The van der Waals surface area contributed by atoms with Crippen LogP contribution in [-0.4, -0.2) is 13.0 Å². The highest BCUT2D eigenvalue weighted by Gasteiger charge is 2.11. The molecule has 2 aromatic carbocycles. The van der Waals surface area contributed by atoms with Gasteiger partial charge in [-0.15, -0.1) is 0 Å². The van der Waals surface area contributed by atoms with Gasteiger partial charge >= 0.3 is 0 Å². The molecule has 0 fully saturated rings. The van der Waals surface area contributed by atoms with E-state index in [4.69, 9.17) is 10.5 Å². The Bertz CT molecular complexity index is 662. The molecule has 3 N–H and O–H groups in total. The summed E-state index contributed by atoms with van der Waals surface area (Å²) in [5.74, 6) is 0.403. The van der Waals surface area contributed by atoms with E-state index in [1.165, 1.54) is 0 Å². The highest BCUT2D eigenvalue weighted by molar-refractivity contribution is 14.1. The van der Waals surface area contributed by atoms with Gasteiger partial charge in [0.25, 0.3) is 5.91 Å². The van der Waals surface area contributed by atoms with E-state index in [1.54, 1.807) is 31.4 Å². The second-order valence-electron chi connectivity index (χ2n) is 4.04. The van der Waals surface area contributed by atoms with Gasteiger partial charge in [0.15, 0.2) is 0 Å². The Morgan fingerprint density at radius 1 is 1.30 bits per heavy atom. The number of methoxy groups -OCH3 is 1. The molecule has 20 heavy (non-hydrogen) atoms. The summed E-state index contributed by atoms with van der Waals surface area (Å²) in [5, 5.41) is 2.82. The molecular formula is C14H12BrIN2O2. The smallest absolute Gasteiger partial charge is 0.256 e. The summed E-state index contributed by atoms with van der Waals surface area (Å²) in [7, 11) is 1.55. The van der Waals surface area contributed by atoms with Crippen molar-refractivity contribution in [3.05, 3.63) is 50.0 Å². The Balaban J connectivity index is 2.23. The van der Waals surface area contributed by atoms with Gasteiger partial charge in [-0.2, -0.15) is 0 Å². The number of carbonyl (C=O) groups is 1. The minimum atomic E-state index is -0.180. The monoisotopic (exact) mass is 446 g/mol. The highest BCUT2D eigenvalue weighted by Crippen LogP contribution is 2.25. The van der Waals surface area contributed by atoms with E-state index >= 15 is 0 Å². The van der Waals surface area contributed by atoms with Crippen LogP contribution in [0.1, 0.15) is 10.4 Å². The largest absolute Gasteiger partial charge is 0.495 e. The van der Waals surface area contributed by atoms with Crippen LogP contribution in [-0.2, 0) is 0 Å². The van der Waals surface area contributed by atoms with Gasteiger partial charge in [0, 0.05) is 13.7 Å². The lowest BCUT2D eigenvalue weighted by molar-refractivity contribution is 0.102. The van der Waals surface area contributed by atoms with E-state index in [1.807, 2.05) is 12.1 Å². The zero-order chi connectivity index (χ0) is 14.7. The molecule has 2 rings (SSSR count). The second kappa shape index (κ2) is 6.45. The summed E-state index contributed by atoms with van der Waals surface area (Å²) in [6.07, 6.45) is 0. The molecule has 0 aliphatic heterocycles. The molecule has 0 heterocycles. The lowest BCUT2D eigenvalue weighted by Gasteiger charge is -2.10. The van der Waals surface area contributed by atoms with Crippen molar-refractivity contribution in [2.24, 2.45) is 0 Å². The fourth-order valence-corrected chi connectivity index (χ4v) is 2.62. The Morgan fingerprint density at radius 2 is 2.05 bits per heavy atom. The van der Waals surface area contributed by atoms with E-state index in [-0.39, 0.29) is 5.91 Å². The summed E-state index contributed by atoms with van der Waals surface area (Å²) in [4.78, 5) is 12.2. The molecule has 2 aromatic rings. The molecule has 0 aliphatic carbocycles. The van der Waals surface area contributed by atoms with Crippen molar-refractivity contribution in [3.63, 3.8) is 0 Å². The molecule has 0 unspecified atom stereocenters. The Labute approximate surface area is 139 Å². The zero-order valence-corrected chi connectivity index (χ0v) is 14.4. The number of nitrogen functional groups attached to an aromatic ring is 1. The first-order valence-electron chi connectivity index (χ1n) is 5.71. The standard InChI is InChI=1S/C14H12BrIN2O2/c1-20-13-5-3-9(7-12(13)17)18-14(19)10-6-8(15)2-4-11(10)16/h2-7H,17H2,1H3,(H,18,19). The number of nitrogens with two attached hydrogens (primary N) is 1. The molecule has 0 aliphatic rings. The van der Waals surface area contributed by atoms with Crippen LogP contribution in [0, 0.1) is 3.57 Å². The van der Waals surface area contributed by atoms with Gasteiger partial charge in [0.2, 0.25) is 0 Å². The normalized spacial score (nSPS) is 10.2. The third kappa shape index (κ3) is 3.43. The first-order chi connectivity index (χ1) is 9.51. The number of anilines is 2. The maximum atomic E-state index is 12.2. The predicted octanol–water partition coefficient (Wildman–Crippen LogP) is 3.90. The number of hydrogen-bond donors (Lipinski definition) is 2. The maximum absolute atomic E-state index is 12.2. The van der Waals surface area contributed by atoms with Crippen LogP contribution >= 0.6 is 38.5 Å². The van der Waals surface area contributed by atoms with Gasteiger partial charge < -0.3 is 15.8 Å². The average Bonchev–Trinajstić information content (AvgIpc) is 2.41. The molecule has 104 valence electrons. The topological polar surface area (TPSA) is 64.3 Å². The third-order valence-electron chi connectivity index (χ3n) is 2.66. The van der Waals surface area contributed by atoms with Crippen molar-refractivity contribution in [3.8, 4) is 5.75 Å². The van der Waals surface area contributed by atoms with Crippen LogP contribution < -0.4 is 15.8 Å². The predicted molar refractivity (Wildman–Crippen MR) is 92.2 cm³/mol. The molecule has 4 nitrogen and oxygen atoms in total. The minimum Gasteiger partial charge on any atom is -0.495 e. The van der Waals surface area contributed by atoms with Gasteiger partial charge in [-0.3, -0.25) is 4.79 Å². The third-order valence-corrected chi connectivity index (χ3v) is 4.09. The number of nitrogens with one attached hydrogen (secondary N) is 1. The van der Waals surface area contributed by atoms with Crippen LogP contribution in [0.15, 0.2) is 40.9 Å². The molecule has 0 saturated carbocycles. The van der Waals surface area contributed by atoms with Crippen molar-refractivity contribution in [1.29, 1.82) is 0 Å². The number of halogens is 2.